The van der Waals surface area contributed by atoms with Crippen LogP contribution in [0.2, 0.25) is 0 Å². The molecule has 0 rings (SSSR count). The van der Waals surface area contributed by atoms with Gasteiger partial charge in [0, 0.05) is 0 Å². The van der Waals surface area contributed by atoms with E-state index in [-0.39, 0.29) is 29.6 Å². The SMILES string of the molecule is O=P([O-])(CO)CO.[Na+]. The van der Waals surface area contributed by atoms with Gasteiger partial charge in [0.2, 0.25) is 0 Å². The van der Waals surface area contributed by atoms with Crippen LogP contribution in [0, 0.1) is 0 Å². The van der Waals surface area contributed by atoms with Gasteiger partial charge in [-0.1, -0.05) is 0 Å². The van der Waals surface area contributed by atoms with E-state index < -0.39 is 20.1 Å². The molecule has 0 radical (unpaired) electrons. The summed E-state index contributed by atoms with van der Waals surface area (Å²) in [6.07, 6.45) is -1.91. The Morgan fingerprint density at radius 2 is 1.62 bits per heavy atom. The minimum absolute atomic E-state index is 0. The Balaban J connectivity index is 0. The van der Waals surface area contributed by atoms with E-state index in [2.05, 4.69) is 0 Å². The van der Waals surface area contributed by atoms with Crippen molar-refractivity contribution < 1.29 is 49.2 Å². The van der Waals surface area contributed by atoms with E-state index in [4.69, 9.17) is 10.2 Å². The molecule has 8 heavy (non-hydrogen) atoms. The van der Waals surface area contributed by atoms with Crippen molar-refractivity contribution in [3.05, 3.63) is 0 Å². The van der Waals surface area contributed by atoms with E-state index >= 15 is 0 Å². The normalized spacial score (nSPS) is 10.4. The van der Waals surface area contributed by atoms with Gasteiger partial charge in [-0.2, -0.15) is 0 Å². The predicted octanol–water partition coefficient (Wildman–Crippen LogP) is -4.47. The summed E-state index contributed by atoms with van der Waals surface area (Å²) >= 11 is 0. The number of hydrogen-bond donors (Lipinski definition) is 2. The van der Waals surface area contributed by atoms with Gasteiger partial charge in [-0.05, 0) is 0 Å². The topological polar surface area (TPSA) is 80.6 Å². The molecule has 6 heteroatoms. The maximum atomic E-state index is 9.90. The summed E-state index contributed by atoms with van der Waals surface area (Å²) in [5.74, 6) is 0. The molecule has 0 aromatic rings. The molecule has 4 nitrogen and oxygen atoms in total. The van der Waals surface area contributed by atoms with Crippen molar-refractivity contribution in [2.24, 2.45) is 0 Å². The summed E-state index contributed by atoms with van der Waals surface area (Å²) in [7, 11) is -3.79. The van der Waals surface area contributed by atoms with E-state index in [9.17, 15) is 9.46 Å². The molecular formula is C2H6NaO4P. The summed E-state index contributed by atoms with van der Waals surface area (Å²) in [6.45, 7) is 0. The quantitative estimate of drug-likeness (QED) is 0.305. The summed E-state index contributed by atoms with van der Waals surface area (Å²) in [4.78, 5) is 9.90. The van der Waals surface area contributed by atoms with Gasteiger partial charge in [-0.15, -0.1) is 0 Å². The van der Waals surface area contributed by atoms with Crippen LogP contribution in [-0.4, -0.2) is 22.9 Å². The van der Waals surface area contributed by atoms with Gasteiger partial charge in [0.25, 0.3) is 0 Å². The molecule has 0 spiro atoms. The second kappa shape index (κ2) is 4.94. The molecule has 0 aliphatic rings. The average molecular weight is 148 g/mol. The van der Waals surface area contributed by atoms with Crippen molar-refractivity contribution in [3.8, 4) is 0 Å². The molecular weight excluding hydrogens is 142 g/mol. The summed E-state index contributed by atoms with van der Waals surface area (Å²) in [6, 6.07) is 0. The van der Waals surface area contributed by atoms with Gasteiger partial charge >= 0.3 is 29.6 Å². The molecule has 0 bridgehead atoms. The Morgan fingerprint density at radius 1 is 1.38 bits per heavy atom. The molecule has 0 aliphatic heterocycles. The maximum absolute atomic E-state index is 9.90. The van der Waals surface area contributed by atoms with E-state index in [1.165, 1.54) is 0 Å². The molecule has 0 heterocycles. The molecule has 0 aromatic carbocycles. The third-order valence-corrected chi connectivity index (χ3v) is 1.29. The minimum atomic E-state index is -3.79. The molecule has 0 saturated heterocycles. The van der Waals surface area contributed by atoms with Crippen molar-refractivity contribution >= 4 is 7.37 Å². The van der Waals surface area contributed by atoms with Crippen LogP contribution in [0.3, 0.4) is 0 Å². The summed E-state index contributed by atoms with van der Waals surface area (Å²) in [5, 5.41) is 15.7. The smallest absolute Gasteiger partial charge is 0.796 e. The van der Waals surface area contributed by atoms with Crippen LogP contribution in [0.5, 0.6) is 0 Å². The van der Waals surface area contributed by atoms with Crippen LogP contribution < -0.4 is 34.5 Å². The zero-order valence-electron chi connectivity index (χ0n) is 4.57. The Hall–Kier alpha value is 1.11. The van der Waals surface area contributed by atoms with Crippen LogP contribution in [0.15, 0.2) is 0 Å². The Morgan fingerprint density at radius 3 is 1.62 bits per heavy atom. The summed E-state index contributed by atoms with van der Waals surface area (Å²) < 4.78 is 9.90. The van der Waals surface area contributed by atoms with Crippen LogP contribution >= 0.6 is 7.37 Å². The Labute approximate surface area is 69.3 Å². The molecule has 0 saturated carbocycles. The first kappa shape index (κ1) is 11.9. The fraction of sp³-hybridized carbons (Fsp3) is 1.00. The molecule has 2 N–H and O–H groups in total. The first-order valence-corrected chi connectivity index (χ1v) is 3.63. The predicted molar refractivity (Wildman–Crippen MR) is 21.8 cm³/mol. The molecule has 0 atom stereocenters. The summed E-state index contributed by atoms with van der Waals surface area (Å²) in [5.41, 5.74) is 0. The monoisotopic (exact) mass is 148 g/mol. The molecule has 0 fully saturated rings. The van der Waals surface area contributed by atoms with Gasteiger partial charge in [0.1, 0.15) is 0 Å². The van der Waals surface area contributed by atoms with Crippen molar-refractivity contribution in [1.82, 2.24) is 0 Å². The third-order valence-electron chi connectivity index (χ3n) is 0.431. The number of aliphatic hydroxyl groups is 2. The van der Waals surface area contributed by atoms with Crippen molar-refractivity contribution in [2.45, 2.75) is 0 Å². The van der Waals surface area contributed by atoms with E-state index in [1.54, 1.807) is 0 Å². The van der Waals surface area contributed by atoms with Crippen LogP contribution in [0.4, 0.5) is 0 Å². The zero-order valence-corrected chi connectivity index (χ0v) is 7.47. The fourth-order valence-electron chi connectivity index (χ4n) is 0.0447. The van der Waals surface area contributed by atoms with E-state index in [0.717, 1.165) is 0 Å². The van der Waals surface area contributed by atoms with Gasteiger partial charge < -0.3 is 19.7 Å². The minimum Gasteiger partial charge on any atom is -0.796 e. The zero-order chi connectivity index (χ0) is 5.91. The van der Waals surface area contributed by atoms with Crippen LogP contribution in [-0.2, 0) is 4.57 Å². The number of rotatable bonds is 2. The Kier molecular flexibility index (Phi) is 7.32. The van der Waals surface area contributed by atoms with Crippen molar-refractivity contribution in [1.29, 1.82) is 0 Å². The standard InChI is InChI=1S/C2H7O4P.Na/c3-1-7(5,6)2-4;/h3-4H,1-2H2,(H,5,6);/q;+1/p-1. The van der Waals surface area contributed by atoms with Crippen molar-refractivity contribution in [2.75, 3.05) is 12.7 Å². The van der Waals surface area contributed by atoms with Crippen LogP contribution in [0.25, 0.3) is 0 Å². The second-order valence-electron chi connectivity index (χ2n) is 1.10. The van der Waals surface area contributed by atoms with E-state index in [1.807, 2.05) is 0 Å². The number of hydrogen-bond acceptors (Lipinski definition) is 4. The largest absolute Gasteiger partial charge is 1.00 e. The molecule has 0 amide bonds. The molecule has 0 unspecified atom stereocenters. The number of aliphatic hydroxyl groups excluding tert-OH is 2. The Bertz CT molecular complexity index is 86.0. The third kappa shape index (κ3) is 5.25. The van der Waals surface area contributed by atoms with Gasteiger partial charge in [-0.25, -0.2) is 0 Å². The molecule has 0 aliphatic carbocycles. The van der Waals surface area contributed by atoms with Gasteiger partial charge in [-0.3, -0.25) is 0 Å². The average Bonchev–Trinajstić information content (AvgIpc) is 1.68. The first-order valence-electron chi connectivity index (χ1n) is 1.63. The maximum Gasteiger partial charge on any atom is 1.00 e. The first-order chi connectivity index (χ1) is 3.12. The van der Waals surface area contributed by atoms with Crippen LogP contribution in [0.1, 0.15) is 0 Å². The second-order valence-corrected chi connectivity index (χ2v) is 3.29. The molecule has 0 aromatic heterocycles. The van der Waals surface area contributed by atoms with Crippen molar-refractivity contribution in [3.63, 3.8) is 0 Å². The van der Waals surface area contributed by atoms with Gasteiger partial charge in [0.15, 0.2) is 0 Å². The van der Waals surface area contributed by atoms with E-state index in [0.29, 0.717) is 0 Å². The fourth-order valence-corrected chi connectivity index (χ4v) is 0.134. The molecule has 44 valence electrons. The van der Waals surface area contributed by atoms with Gasteiger partial charge in [0.05, 0.1) is 20.1 Å².